The standard InChI is InChI=1S/C31H44FN3O3S/c1-2-31(29(36)14-27-30-25(9-6-10-26(30)32)28-18-33-20-35(27)28)15-22-11-12-23(24(13-22)16-31)17-34-39(37,38)19-21-7-4-3-5-8-21/h6,9-10,18,20-24,27,29,34,36H,2-5,7-8,11-17,19H2,1H3. The molecular formula is C31H44FN3O3S. The monoisotopic (exact) mass is 557 g/mol. The maximum absolute atomic E-state index is 15.1. The summed E-state index contributed by atoms with van der Waals surface area (Å²) in [6.07, 6.45) is 15.1. The number of benzene rings is 1. The second-order valence-corrected chi connectivity index (χ2v) is 15.0. The molecule has 1 aliphatic heterocycles. The number of nitrogens with zero attached hydrogens (tertiary/aromatic N) is 2. The first kappa shape index (κ1) is 27.4. The van der Waals surface area contributed by atoms with Gasteiger partial charge in [0.2, 0.25) is 10.0 Å². The molecule has 0 spiro atoms. The number of imidazole rings is 1. The third-order valence-corrected chi connectivity index (χ3v) is 12.4. The van der Waals surface area contributed by atoms with Crippen LogP contribution >= 0.6 is 0 Å². The smallest absolute Gasteiger partial charge is 0.211 e. The van der Waals surface area contributed by atoms with Crippen LogP contribution in [0.15, 0.2) is 30.7 Å². The van der Waals surface area contributed by atoms with E-state index < -0.39 is 16.1 Å². The van der Waals surface area contributed by atoms with Crippen LogP contribution in [0.2, 0.25) is 0 Å². The van der Waals surface area contributed by atoms with Crippen LogP contribution in [0, 0.1) is 34.9 Å². The predicted octanol–water partition coefficient (Wildman–Crippen LogP) is 6.07. The molecule has 39 heavy (non-hydrogen) atoms. The molecule has 214 valence electrons. The summed E-state index contributed by atoms with van der Waals surface area (Å²) in [5.41, 5.74) is 2.22. The van der Waals surface area contributed by atoms with Crippen LogP contribution in [0.3, 0.4) is 0 Å². The van der Waals surface area contributed by atoms with Gasteiger partial charge in [-0.2, -0.15) is 0 Å². The first-order valence-corrected chi connectivity index (χ1v) is 16.9. The van der Waals surface area contributed by atoms with E-state index in [1.165, 1.54) is 12.5 Å². The van der Waals surface area contributed by atoms with Gasteiger partial charge in [-0.3, -0.25) is 0 Å². The normalized spacial score (nSPS) is 31.6. The Hall–Kier alpha value is -1.77. The van der Waals surface area contributed by atoms with Gasteiger partial charge in [-0.05, 0) is 86.5 Å². The van der Waals surface area contributed by atoms with Crippen molar-refractivity contribution >= 4 is 10.0 Å². The molecule has 3 aliphatic carbocycles. The van der Waals surface area contributed by atoms with Crippen molar-refractivity contribution < 1.29 is 17.9 Å². The number of hydrogen-bond donors (Lipinski definition) is 2. The lowest BCUT2D eigenvalue weighted by Gasteiger charge is -2.52. The lowest BCUT2D eigenvalue weighted by atomic mass is 9.55. The number of fused-ring (bicyclic) bond motifs is 5. The average molecular weight is 558 g/mol. The number of aliphatic hydroxyl groups is 1. The molecule has 6 atom stereocenters. The minimum atomic E-state index is -3.27. The summed E-state index contributed by atoms with van der Waals surface area (Å²) in [5.74, 6) is 1.61. The Morgan fingerprint density at radius 3 is 2.79 bits per heavy atom. The van der Waals surface area contributed by atoms with Crippen molar-refractivity contribution in [3.05, 3.63) is 42.1 Å². The SMILES string of the molecule is CCC1(C(O)CC2c3c(F)cccc3-c3cncn32)CC2CCC(CNS(=O)(=O)CC3CCCCC3)C(C2)C1. The molecule has 6 rings (SSSR count). The molecule has 3 fully saturated rings. The van der Waals surface area contributed by atoms with E-state index in [0.29, 0.717) is 42.2 Å². The number of hydrogen-bond acceptors (Lipinski definition) is 4. The van der Waals surface area contributed by atoms with E-state index in [4.69, 9.17) is 0 Å². The highest BCUT2D eigenvalue weighted by Gasteiger charge is 2.49. The first-order chi connectivity index (χ1) is 18.8. The van der Waals surface area contributed by atoms with Gasteiger partial charge in [0.05, 0.1) is 36.1 Å². The van der Waals surface area contributed by atoms with Crippen LogP contribution in [0.5, 0.6) is 0 Å². The van der Waals surface area contributed by atoms with Gasteiger partial charge in [-0.25, -0.2) is 22.5 Å². The third-order valence-electron chi connectivity index (χ3n) is 10.9. The van der Waals surface area contributed by atoms with Gasteiger partial charge < -0.3 is 9.67 Å². The maximum atomic E-state index is 15.1. The highest BCUT2D eigenvalue weighted by Crippen LogP contribution is 2.55. The summed E-state index contributed by atoms with van der Waals surface area (Å²) in [4.78, 5) is 4.32. The minimum Gasteiger partial charge on any atom is -0.392 e. The number of rotatable bonds is 9. The van der Waals surface area contributed by atoms with Crippen LogP contribution in [0.25, 0.3) is 11.3 Å². The third kappa shape index (κ3) is 5.33. The predicted molar refractivity (Wildman–Crippen MR) is 151 cm³/mol. The fourth-order valence-electron chi connectivity index (χ4n) is 8.75. The molecule has 3 saturated carbocycles. The minimum absolute atomic E-state index is 0.222. The molecule has 6 unspecified atom stereocenters. The lowest BCUT2D eigenvalue weighted by molar-refractivity contribution is -0.0728. The highest BCUT2D eigenvalue weighted by molar-refractivity contribution is 7.89. The lowest BCUT2D eigenvalue weighted by Crippen LogP contribution is -2.48. The second kappa shape index (κ2) is 10.9. The number of halogens is 1. The number of nitrogens with one attached hydrogen (secondary N) is 1. The summed E-state index contributed by atoms with van der Waals surface area (Å²) in [6, 6.07) is 4.93. The Bertz CT molecular complexity index is 1270. The Morgan fingerprint density at radius 2 is 2.00 bits per heavy atom. The molecule has 1 aromatic carbocycles. The Balaban J connectivity index is 1.15. The van der Waals surface area contributed by atoms with Crippen LogP contribution in [-0.2, 0) is 10.0 Å². The second-order valence-electron chi connectivity index (χ2n) is 13.1. The van der Waals surface area contributed by atoms with Gasteiger partial charge in [0.25, 0.3) is 0 Å². The van der Waals surface area contributed by atoms with E-state index >= 15 is 4.39 Å². The van der Waals surface area contributed by atoms with E-state index in [2.05, 4.69) is 16.6 Å². The van der Waals surface area contributed by atoms with E-state index in [0.717, 1.165) is 75.5 Å². The van der Waals surface area contributed by atoms with Crippen molar-refractivity contribution in [3.63, 3.8) is 0 Å². The van der Waals surface area contributed by atoms with E-state index in [1.54, 1.807) is 18.6 Å². The van der Waals surface area contributed by atoms with Crippen molar-refractivity contribution in [1.82, 2.24) is 14.3 Å². The van der Waals surface area contributed by atoms with Crippen LogP contribution in [-0.4, -0.2) is 41.5 Å². The van der Waals surface area contributed by atoms with Gasteiger partial charge in [0.1, 0.15) is 5.82 Å². The van der Waals surface area contributed by atoms with Crippen molar-refractivity contribution in [1.29, 1.82) is 0 Å². The topological polar surface area (TPSA) is 84.2 Å². The molecular weight excluding hydrogens is 513 g/mol. The largest absolute Gasteiger partial charge is 0.392 e. The molecule has 2 aromatic rings. The molecule has 1 aromatic heterocycles. The van der Waals surface area contributed by atoms with Gasteiger partial charge >= 0.3 is 0 Å². The van der Waals surface area contributed by atoms with Crippen LogP contribution in [0.1, 0.15) is 95.6 Å². The fourth-order valence-corrected chi connectivity index (χ4v) is 10.3. The molecule has 8 heteroatoms. The Morgan fingerprint density at radius 1 is 1.18 bits per heavy atom. The van der Waals surface area contributed by atoms with Crippen molar-refractivity contribution in [3.8, 4) is 11.3 Å². The number of sulfonamides is 1. The van der Waals surface area contributed by atoms with Gasteiger partial charge in [-0.1, -0.05) is 44.7 Å². The summed E-state index contributed by atoms with van der Waals surface area (Å²) < 4.78 is 45.9. The zero-order chi connectivity index (χ0) is 27.2. The fraction of sp³-hybridized carbons (Fsp3) is 0.710. The molecule has 2 bridgehead atoms. The van der Waals surface area contributed by atoms with Crippen LogP contribution in [0.4, 0.5) is 4.39 Å². The average Bonchev–Trinajstić information content (AvgIpc) is 3.51. The van der Waals surface area contributed by atoms with Gasteiger partial charge in [0, 0.05) is 17.7 Å². The molecule has 0 radical (unpaired) electrons. The maximum Gasteiger partial charge on any atom is 0.211 e. The van der Waals surface area contributed by atoms with Gasteiger partial charge in [0.15, 0.2) is 0 Å². The first-order valence-electron chi connectivity index (χ1n) is 15.2. The number of aliphatic hydroxyl groups excluding tert-OH is 1. The summed E-state index contributed by atoms with van der Waals surface area (Å²) in [6.45, 7) is 2.69. The van der Waals surface area contributed by atoms with Crippen molar-refractivity contribution in [2.24, 2.45) is 29.1 Å². The zero-order valence-corrected chi connectivity index (χ0v) is 24.0. The number of aromatic nitrogens is 2. The molecule has 2 N–H and O–H groups in total. The van der Waals surface area contributed by atoms with E-state index in [9.17, 15) is 13.5 Å². The highest BCUT2D eigenvalue weighted by atomic mass is 32.2. The summed E-state index contributed by atoms with van der Waals surface area (Å²) >= 11 is 0. The molecule has 0 saturated heterocycles. The molecule has 2 heterocycles. The molecule has 0 amide bonds. The van der Waals surface area contributed by atoms with E-state index in [1.807, 2.05) is 10.6 Å². The summed E-state index contributed by atoms with van der Waals surface area (Å²) in [5, 5.41) is 11.9. The van der Waals surface area contributed by atoms with Crippen molar-refractivity contribution in [2.45, 2.75) is 96.1 Å². The van der Waals surface area contributed by atoms with Crippen molar-refractivity contribution in [2.75, 3.05) is 12.3 Å². The zero-order valence-electron chi connectivity index (χ0n) is 23.2. The Labute approximate surface area is 232 Å². The summed E-state index contributed by atoms with van der Waals surface area (Å²) in [7, 11) is -3.27. The molecule has 6 nitrogen and oxygen atoms in total. The van der Waals surface area contributed by atoms with Gasteiger partial charge in [-0.15, -0.1) is 0 Å². The quantitative estimate of drug-likeness (QED) is 0.392. The Kier molecular flexibility index (Phi) is 7.66. The molecule has 4 aliphatic rings. The van der Waals surface area contributed by atoms with E-state index in [-0.39, 0.29) is 23.0 Å². The van der Waals surface area contributed by atoms with Crippen LogP contribution < -0.4 is 4.72 Å².